The van der Waals surface area contributed by atoms with E-state index >= 15 is 0 Å². The van der Waals surface area contributed by atoms with Gasteiger partial charge in [0.1, 0.15) is 4.88 Å². The standard InChI is InChI=1S/C9H12N2O4S2/c10-6-1-2-11(4-6)17(14,15)7-3-8(9(12)13)16-5-7/h3,5-6H,1-2,4,10H2,(H,12,13). The highest BCUT2D eigenvalue weighted by Crippen LogP contribution is 2.25. The van der Waals surface area contributed by atoms with Gasteiger partial charge in [-0.1, -0.05) is 0 Å². The SMILES string of the molecule is NC1CCN(S(=O)(=O)c2csc(C(=O)O)c2)C1. The number of carboxylic acid groups (broad SMARTS) is 1. The van der Waals surface area contributed by atoms with Crippen LogP contribution >= 0.6 is 11.3 Å². The molecule has 1 aromatic heterocycles. The summed E-state index contributed by atoms with van der Waals surface area (Å²) in [7, 11) is -3.58. The molecule has 2 rings (SSSR count). The predicted molar refractivity (Wildman–Crippen MR) is 62.6 cm³/mol. The third kappa shape index (κ3) is 2.34. The molecule has 1 unspecified atom stereocenters. The molecule has 8 heteroatoms. The van der Waals surface area contributed by atoms with Gasteiger partial charge in [-0.25, -0.2) is 13.2 Å². The lowest BCUT2D eigenvalue weighted by molar-refractivity contribution is 0.0702. The van der Waals surface area contributed by atoms with E-state index in [0.717, 1.165) is 11.3 Å². The summed E-state index contributed by atoms with van der Waals surface area (Å²) in [4.78, 5) is 10.8. The fourth-order valence-corrected chi connectivity index (χ4v) is 4.30. The molecule has 17 heavy (non-hydrogen) atoms. The summed E-state index contributed by atoms with van der Waals surface area (Å²) < 4.78 is 25.5. The minimum atomic E-state index is -3.58. The van der Waals surface area contributed by atoms with E-state index in [2.05, 4.69) is 0 Å². The number of aromatic carboxylic acids is 1. The van der Waals surface area contributed by atoms with Gasteiger partial charge in [-0.2, -0.15) is 4.31 Å². The third-order valence-corrected chi connectivity index (χ3v) is 5.52. The highest BCUT2D eigenvalue weighted by Gasteiger charge is 2.31. The lowest BCUT2D eigenvalue weighted by Gasteiger charge is -2.14. The van der Waals surface area contributed by atoms with E-state index in [1.165, 1.54) is 15.8 Å². The molecule has 0 spiro atoms. The number of hydrogen-bond donors (Lipinski definition) is 2. The summed E-state index contributed by atoms with van der Waals surface area (Å²) in [6.07, 6.45) is 0.634. The first-order valence-electron chi connectivity index (χ1n) is 4.99. The Hall–Kier alpha value is -0.960. The molecule has 6 nitrogen and oxygen atoms in total. The maximum absolute atomic E-state index is 12.1. The molecule has 0 bridgehead atoms. The van der Waals surface area contributed by atoms with Crippen LogP contribution in [-0.2, 0) is 10.0 Å². The number of carboxylic acids is 1. The molecule has 0 amide bonds. The maximum Gasteiger partial charge on any atom is 0.345 e. The van der Waals surface area contributed by atoms with Crippen molar-refractivity contribution in [3.63, 3.8) is 0 Å². The number of carbonyl (C=O) groups is 1. The van der Waals surface area contributed by atoms with Crippen LogP contribution in [-0.4, -0.2) is 42.9 Å². The quantitative estimate of drug-likeness (QED) is 0.819. The first-order valence-corrected chi connectivity index (χ1v) is 7.31. The average molecular weight is 276 g/mol. The molecular weight excluding hydrogens is 264 g/mol. The minimum Gasteiger partial charge on any atom is -0.477 e. The summed E-state index contributed by atoms with van der Waals surface area (Å²) >= 11 is 0.907. The number of rotatable bonds is 3. The second-order valence-corrected chi connectivity index (χ2v) is 6.71. The van der Waals surface area contributed by atoms with Crippen molar-refractivity contribution in [3.8, 4) is 0 Å². The molecule has 1 aromatic rings. The molecule has 1 atom stereocenters. The molecule has 0 radical (unpaired) electrons. The monoisotopic (exact) mass is 276 g/mol. The summed E-state index contributed by atoms with van der Waals surface area (Å²) in [6.45, 7) is 0.683. The van der Waals surface area contributed by atoms with Crippen molar-refractivity contribution >= 4 is 27.3 Å². The minimum absolute atomic E-state index is 0.0204. The second-order valence-electron chi connectivity index (χ2n) is 3.86. The Balaban J connectivity index is 2.28. The van der Waals surface area contributed by atoms with Crippen LogP contribution in [0.15, 0.2) is 16.3 Å². The molecule has 2 heterocycles. The number of nitrogens with zero attached hydrogens (tertiary/aromatic N) is 1. The van der Waals surface area contributed by atoms with E-state index in [1.54, 1.807) is 0 Å². The first kappa shape index (κ1) is 12.5. The van der Waals surface area contributed by atoms with Crippen molar-refractivity contribution in [2.75, 3.05) is 13.1 Å². The maximum atomic E-state index is 12.1. The van der Waals surface area contributed by atoms with E-state index in [9.17, 15) is 13.2 Å². The van der Waals surface area contributed by atoms with Crippen molar-refractivity contribution in [1.82, 2.24) is 4.31 Å². The van der Waals surface area contributed by atoms with E-state index in [1.807, 2.05) is 0 Å². The molecular formula is C9H12N2O4S2. The van der Waals surface area contributed by atoms with Gasteiger partial charge in [0.15, 0.2) is 0 Å². The van der Waals surface area contributed by atoms with E-state index in [4.69, 9.17) is 10.8 Å². The largest absolute Gasteiger partial charge is 0.477 e. The Labute approximate surface area is 103 Å². The topological polar surface area (TPSA) is 101 Å². The Morgan fingerprint density at radius 3 is 2.76 bits per heavy atom. The lowest BCUT2D eigenvalue weighted by atomic mass is 10.3. The first-order chi connectivity index (χ1) is 7.91. The fourth-order valence-electron chi connectivity index (χ4n) is 1.69. The van der Waals surface area contributed by atoms with Gasteiger partial charge >= 0.3 is 5.97 Å². The number of sulfonamides is 1. The Morgan fingerprint density at radius 1 is 1.59 bits per heavy atom. The molecule has 1 aliphatic rings. The predicted octanol–water partition coefficient (Wildman–Crippen LogP) is 0.168. The molecule has 1 aliphatic heterocycles. The fraction of sp³-hybridized carbons (Fsp3) is 0.444. The van der Waals surface area contributed by atoms with Crippen LogP contribution in [0.25, 0.3) is 0 Å². The zero-order chi connectivity index (χ0) is 12.6. The highest BCUT2D eigenvalue weighted by atomic mass is 32.2. The molecule has 0 saturated carbocycles. The number of nitrogens with two attached hydrogens (primary N) is 1. The molecule has 94 valence electrons. The van der Waals surface area contributed by atoms with Gasteiger partial charge < -0.3 is 10.8 Å². The number of hydrogen-bond acceptors (Lipinski definition) is 5. The van der Waals surface area contributed by atoms with Crippen molar-refractivity contribution in [2.24, 2.45) is 5.73 Å². The van der Waals surface area contributed by atoms with E-state index in [-0.39, 0.29) is 15.8 Å². The molecule has 0 aromatic carbocycles. The van der Waals surface area contributed by atoms with Crippen LogP contribution in [0, 0.1) is 0 Å². The Kier molecular flexibility index (Phi) is 3.21. The van der Waals surface area contributed by atoms with Gasteiger partial charge in [0.05, 0.1) is 4.90 Å². The number of thiophene rings is 1. The van der Waals surface area contributed by atoms with Crippen molar-refractivity contribution < 1.29 is 18.3 Å². The lowest BCUT2D eigenvalue weighted by Crippen LogP contribution is -2.31. The average Bonchev–Trinajstić information content (AvgIpc) is 2.85. The second kappa shape index (κ2) is 4.37. The van der Waals surface area contributed by atoms with Crippen LogP contribution in [0.1, 0.15) is 16.1 Å². The Morgan fingerprint density at radius 2 is 2.29 bits per heavy atom. The van der Waals surface area contributed by atoms with Gasteiger partial charge in [0, 0.05) is 24.5 Å². The Bertz CT molecular complexity index is 537. The summed E-state index contributed by atoms with van der Waals surface area (Å²) in [5.41, 5.74) is 5.66. The molecule has 1 fully saturated rings. The van der Waals surface area contributed by atoms with Crippen molar-refractivity contribution in [3.05, 3.63) is 16.3 Å². The van der Waals surface area contributed by atoms with Crippen LogP contribution < -0.4 is 5.73 Å². The highest BCUT2D eigenvalue weighted by molar-refractivity contribution is 7.89. The third-order valence-electron chi connectivity index (χ3n) is 2.61. The van der Waals surface area contributed by atoms with Gasteiger partial charge in [-0.05, 0) is 12.5 Å². The van der Waals surface area contributed by atoms with Gasteiger partial charge in [-0.15, -0.1) is 11.3 Å². The summed E-state index contributed by atoms with van der Waals surface area (Å²) in [5, 5.41) is 10.1. The van der Waals surface area contributed by atoms with Crippen molar-refractivity contribution in [2.45, 2.75) is 17.4 Å². The molecule has 1 saturated heterocycles. The smallest absolute Gasteiger partial charge is 0.345 e. The normalized spacial score (nSPS) is 21.8. The van der Waals surface area contributed by atoms with Crippen LogP contribution in [0.3, 0.4) is 0 Å². The molecule has 3 N–H and O–H groups in total. The van der Waals surface area contributed by atoms with Gasteiger partial charge in [-0.3, -0.25) is 0 Å². The van der Waals surface area contributed by atoms with Crippen LogP contribution in [0.2, 0.25) is 0 Å². The van der Waals surface area contributed by atoms with Gasteiger partial charge in [0.2, 0.25) is 10.0 Å². The van der Waals surface area contributed by atoms with Gasteiger partial charge in [0.25, 0.3) is 0 Å². The van der Waals surface area contributed by atoms with E-state index in [0.29, 0.717) is 19.5 Å². The van der Waals surface area contributed by atoms with Crippen LogP contribution in [0.5, 0.6) is 0 Å². The summed E-state index contributed by atoms with van der Waals surface area (Å²) in [6, 6.07) is 1.05. The zero-order valence-electron chi connectivity index (χ0n) is 8.87. The summed E-state index contributed by atoms with van der Waals surface area (Å²) in [5.74, 6) is -1.12. The van der Waals surface area contributed by atoms with Crippen molar-refractivity contribution in [1.29, 1.82) is 0 Å². The van der Waals surface area contributed by atoms with Crippen LogP contribution in [0.4, 0.5) is 0 Å². The zero-order valence-corrected chi connectivity index (χ0v) is 10.5. The van der Waals surface area contributed by atoms with E-state index < -0.39 is 16.0 Å². The molecule has 0 aliphatic carbocycles.